The Labute approximate surface area is 378 Å². The first-order chi connectivity index (χ1) is 29.9. The SMILES string of the molecule is C[NH+](C)CCc1ccccc1.O=C([O-])C12CC3CC(C1)CC(C(=O)[O-])(C3)C2.O=C([O-])CC12CC3CC(CC(C3)C1)C2.[NH3+]C12CC3CC(CC(C3)C1)C2.[NH3+]C12CC3CC(CC(C3)C1)C2. The van der Waals surface area contributed by atoms with Crippen LogP contribution in [0.2, 0.25) is 0 Å². The number of likely N-dealkylation sites (N-methyl/N-ethyl adjacent to an activating group) is 1. The van der Waals surface area contributed by atoms with Crippen LogP contribution >= 0.6 is 0 Å². The molecular formula is C54H83N3O6. The van der Waals surface area contributed by atoms with Gasteiger partial charge in [-0.15, -0.1) is 0 Å². The van der Waals surface area contributed by atoms with Gasteiger partial charge in [0.2, 0.25) is 0 Å². The van der Waals surface area contributed by atoms with E-state index < -0.39 is 28.7 Å². The van der Waals surface area contributed by atoms with Crippen LogP contribution in [-0.2, 0) is 20.8 Å². The lowest BCUT2D eigenvalue weighted by molar-refractivity contribution is -0.858. The zero-order chi connectivity index (χ0) is 44.4. The van der Waals surface area contributed by atoms with Gasteiger partial charge < -0.3 is 46.1 Å². The topological polar surface area (TPSA) is 180 Å². The Bertz CT molecular complexity index is 1610. The Balaban J connectivity index is 0.000000101. The highest BCUT2D eigenvalue weighted by Crippen LogP contribution is 2.65. The highest BCUT2D eigenvalue weighted by Gasteiger charge is 2.59. The van der Waals surface area contributed by atoms with E-state index in [1.807, 2.05) is 0 Å². The number of carbonyl (C=O) groups is 3. The van der Waals surface area contributed by atoms with Gasteiger partial charge >= 0.3 is 0 Å². The molecule has 0 aliphatic heterocycles. The molecule has 9 nitrogen and oxygen atoms in total. The normalized spacial score (nSPS) is 46.4. The molecule has 0 saturated heterocycles. The lowest BCUT2D eigenvalue weighted by Crippen LogP contribution is -3.05. The summed E-state index contributed by atoms with van der Waals surface area (Å²) in [6, 6.07) is 10.6. The van der Waals surface area contributed by atoms with Crippen LogP contribution in [0.3, 0.4) is 0 Å². The molecule has 350 valence electrons. The average molecular weight is 870 g/mol. The summed E-state index contributed by atoms with van der Waals surface area (Å²) < 4.78 is 0. The molecule has 16 saturated carbocycles. The molecule has 0 heterocycles. The van der Waals surface area contributed by atoms with Gasteiger partial charge in [0.15, 0.2) is 0 Å². The van der Waals surface area contributed by atoms with Gasteiger partial charge in [-0.25, -0.2) is 0 Å². The van der Waals surface area contributed by atoms with Crippen molar-refractivity contribution in [2.45, 2.75) is 178 Å². The molecule has 16 aliphatic carbocycles. The maximum atomic E-state index is 11.3. The van der Waals surface area contributed by atoms with E-state index in [2.05, 4.69) is 55.9 Å². The predicted molar refractivity (Wildman–Crippen MR) is 235 cm³/mol. The average Bonchev–Trinajstić information content (AvgIpc) is 3.15. The smallest absolute Gasteiger partial charge is 0.0953 e. The first kappa shape index (κ1) is 45.7. The lowest BCUT2D eigenvalue weighted by Gasteiger charge is -2.62. The maximum absolute atomic E-state index is 11.3. The fourth-order valence-electron chi connectivity index (χ4n) is 19.2. The predicted octanol–water partition coefficient (Wildman–Crippen LogP) is 3.18. The summed E-state index contributed by atoms with van der Waals surface area (Å²) in [4.78, 5) is 34.9. The molecule has 9 heteroatoms. The molecule has 7 N–H and O–H groups in total. The van der Waals surface area contributed by atoms with Crippen LogP contribution in [-0.4, -0.2) is 49.6 Å². The van der Waals surface area contributed by atoms with Crippen LogP contribution < -0.4 is 31.7 Å². The molecule has 1 aromatic rings. The van der Waals surface area contributed by atoms with E-state index in [-0.39, 0.29) is 23.7 Å². The number of aliphatic carboxylic acids is 3. The highest BCUT2D eigenvalue weighted by atomic mass is 16.4. The van der Waals surface area contributed by atoms with E-state index in [1.165, 1.54) is 100 Å². The summed E-state index contributed by atoms with van der Waals surface area (Å²) in [5, 5.41) is 33.4. The van der Waals surface area contributed by atoms with Gasteiger partial charge in [0.05, 0.1) is 31.7 Å². The van der Waals surface area contributed by atoms with Gasteiger partial charge in [0.25, 0.3) is 0 Å². The quantitative estimate of drug-likeness (QED) is 0.379. The minimum atomic E-state index is -1.05. The molecule has 0 unspecified atom stereocenters. The summed E-state index contributed by atoms with van der Waals surface area (Å²) >= 11 is 0. The molecule has 0 spiro atoms. The molecule has 1 aromatic carbocycles. The van der Waals surface area contributed by atoms with Gasteiger partial charge in [-0.1, -0.05) is 30.3 Å². The molecular weight excluding hydrogens is 787 g/mol. The standard InChI is InChI=1S/C12H16O4.C12H18O2.2C10H17N.C10H15N/c13-9(14)11-2-7-1-8(4-11)5-12(3-7,6-11)10(15)16;13-11(14)7-12-4-8-1-9(5-12)3-10(2-8)6-12;2*11-10-4-7-1-8(5-10)3-9(2-7)6-10;1-11(2)9-8-10-6-4-3-5-7-10/h7-8H,1-6H2,(H,13,14)(H,15,16);8-10H,1-7H2,(H,13,14);2*7-9H,1-6,11H2;3-7H,8-9H2,1-2H3. The second-order valence-corrected chi connectivity index (χ2v) is 26.1. The van der Waals surface area contributed by atoms with Crippen LogP contribution in [0.4, 0.5) is 0 Å². The largest absolute Gasteiger partial charge is 0.550 e. The van der Waals surface area contributed by atoms with E-state index in [4.69, 9.17) is 0 Å². The third-order valence-electron chi connectivity index (χ3n) is 19.7. The Morgan fingerprint density at radius 2 is 0.825 bits per heavy atom. The number of rotatable bonds is 7. The number of hydrogen-bond acceptors (Lipinski definition) is 6. The zero-order valence-electron chi connectivity index (χ0n) is 39.2. The van der Waals surface area contributed by atoms with Crippen molar-refractivity contribution in [3.8, 4) is 0 Å². The number of hydrogen-bond donors (Lipinski definition) is 3. The van der Waals surface area contributed by atoms with Crippen molar-refractivity contribution in [3.63, 3.8) is 0 Å². The molecule has 0 aromatic heterocycles. The number of carbonyl (C=O) groups excluding carboxylic acids is 3. The van der Waals surface area contributed by atoms with Gasteiger partial charge in [-0.05, 0) is 198 Å². The van der Waals surface area contributed by atoms with Crippen LogP contribution in [0.1, 0.15) is 166 Å². The minimum absolute atomic E-state index is 0.160. The van der Waals surface area contributed by atoms with E-state index >= 15 is 0 Å². The van der Waals surface area contributed by atoms with Crippen LogP contribution in [0.25, 0.3) is 0 Å². The fourth-order valence-corrected chi connectivity index (χ4v) is 19.2. The Kier molecular flexibility index (Phi) is 12.8. The van der Waals surface area contributed by atoms with Gasteiger partial charge in [0.1, 0.15) is 0 Å². The van der Waals surface area contributed by atoms with E-state index in [1.54, 1.807) is 38.5 Å². The van der Waals surface area contributed by atoms with E-state index in [0.717, 1.165) is 59.7 Å². The van der Waals surface area contributed by atoms with Crippen LogP contribution in [0.5, 0.6) is 0 Å². The number of carboxylic acids is 3. The number of nitrogens with one attached hydrogen (secondary N) is 1. The van der Waals surface area contributed by atoms with E-state index in [0.29, 0.717) is 43.2 Å². The Morgan fingerprint density at radius 1 is 0.508 bits per heavy atom. The second-order valence-electron chi connectivity index (χ2n) is 26.1. The number of benzene rings is 1. The summed E-state index contributed by atoms with van der Waals surface area (Å²) in [5.74, 6) is 6.61. The molecule has 63 heavy (non-hydrogen) atoms. The van der Waals surface area contributed by atoms with Crippen molar-refractivity contribution in [2.75, 3.05) is 20.6 Å². The lowest BCUT2D eigenvalue weighted by atomic mass is 9.44. The maximum Gasteiger partial charge on any atom is 0.0953 e. The zero-order valence-corrected chi connectivity index (χ0v) is 39.2. The third kappa shape index (κ3) is 10.3. The number of carboxylic acid groups (broad SMARTS) is 3. The van der Waals surface area contributed by atoms with Crippen LogP contribution in [0, 0.1) is 81.3 Å². The molecule has 17 rings (SSSR count). The molecule has 16 aliphatic rings. The van der Waals surface area contributed by atoms with Crippen molar-refractivity contribution in [2.24, 2.45) is 81.3 Å². The van der Waals surface area contributed by atoms with Crippen molar-refractivity contribution in [3.05, 3.63) is 35.9 Å². The van der Waals surface area contributed by atoms with Crippen molar-refractivity contribution >= 4 is 17.9 Å². The first-order valence-corrected chi connectivity index (χ1v) is 26.0. The van der Waals surface area contributed by atoms with Crippen molar-refractivity contribution < 1.29 is 46.1 Å². The van der Waals surface area contributed by atoms with Crippen molar-refractivity contribution in [1.29, 1.82) is 0 Å². The molecule has 0 radical (unpaired) electrons. The third-order valence-corrected chi connectivity index (χ3v) is 19.7. The highest BCUT2D eigenvalue weighted by molar-refractivity contribution is 5.79. The second kappa shape index (κ2) is 17.6. The molecule has 16 fully saturated rings. The summed E-state index contributed by atoms with van der Waals surface area (Å²) in [7, 11) is 4.37. The molecule has 0 atom stereocenters. The van der Waals surface area contributed by atoms with Gasteiger partial charge in [-0.2, -0.15) is 0 Å². The summed E-state index contributed by atoms with van der Waals surface area (Å²) in [5.41, 5.74) is 9.82. The van der Waals surface area contributed by atoms with Gasteiger partial charge in [0, 0.05) is 73.7 Å². The first-order valence-electron chi connectivity index (χ1n) is 26.0. The fraction of sp³-hybridized carbons (Fsp3) is 0.833. The summed E-state index contributed by atoms with van der Waals surface area (Å²) in [6.07, 6.45) is 30.9. The van der Waals surface area contributed by atoms with Gasteiger partial charge in [-0.3, -0.25) is 0 Å². The van der Waals surface area contributed by atoms with Crippen molar-refractivity contribution in [1.82, 2.24) is 0 Å². The molecule has 0 amide bonds. The van der Waals surface area contributed by atoms with E-state index in [9.17, 15) is 29.7 Å². The Hall–Kier alpha value is -2.49. The Morgan fingerprint density at radius 3 is 1.11 bits per heavy atom. The monoisotopic (exact) mass is 870 g/mol. The van der Waals surface area contributed by atoms with Crippen LogP contribution in [0.15, 0.2) is 30.3 Å². The molecule has 16 bridgehead atoms. The summed E-state index contributed by atoms with van der Waals surface area (Å²) in [6.45, 7) is 1.21. The minimum Gasteiger partial charge on any atom is -0.550 e. The number of quaternary nitrogens is 3.